The fraction of sp³-hybridized carbons (Fsp3) is 0.889. The van der Waals surface area contributed by atoms with Crippen LogP contribution in [-0.4, -0.2) is 32.0 Å². The molecule has 3 nitrogen and oxygen atoms in total. The second kappa shape index (κ2) is 6.66. The maximum absolute atomic E-state index is 12.2. The summed E-state index contributed by atoms with van der Waals surface area (Å²) in [6.07, 6.45) is -5.03. The van der Waals surface area contributed by atoms with Crippen molar-refractivity contribution in [2.75, 3.05) is 13.7 Å². The molecule has 0 bridgehead atoms. The molecule has 0 aromatic heterocycles. The van der Waals surface area contributed by atoms with E-state index in [0.29, 0.717) is 6.42 Å². The molecule has 0 fully saturated rings. The number of esters is 1. The van der Waals surface area contributed by atoms with E-state index in [2.05, 4.69) is 9.47 Å². The van der Waals surface area contributed by atoms with Crippen LogP contribution in [0.4, 0.5) is 13.2 Å². The molecule has 15 heavy (non-hydrogen) atoms. The number of unbranched alkanes of at least 4 members (excludes halogenated alkanes) is 2. The number of halogens is 3. The number of hydrogen-bond acceptors (Lipinski definition) is 3. The van der Waals surface area contributed by atoms with Crippen LogP contribution in [0.25, 0.3) is 0 Å². The van der Waals surface area contributed by atoms with Crippen LogP contribution >= 0.6 is 0 Å². The molecule has 0 saturated carbocycles. The standard InChI is InChI=1S/C9H15F3O3/c1-3-4-5-6-15-7(8(13)14-2)9(10,11)12/h7H,3-6H2,1-2H3. The Labute approximate surface area is 86.5 Å². The van der Waals surface area contributed by atoms with Gasteiger partial charge in [-0.3, -0.25) is 0 Å². The molecule has 0 N–H and O–H groups in total. The lowest BCUT2D eigenvalue weighted by molar-refractivity contribution is -0.229. The Balaban J connectivity index is 4.09. The quantitative estimate of drug-likeness (QED) is 0.517. The molecule has 6 heteroatoms. The van der Waals surface area contributed by atoms with Gasteiger partial charge >= 0.3 is 12.1 Å². The normalized spacial score (nSPS) is 13.7. The maximum atomic E-state index is 12.2. The lowest BCUT2D eigenvalue weighted by Crippen LogP contribution is -2.40. The average molecular weight is 228 g/mol. The molecule has 0 heterocycles. The van der Waals surface area contributed by atoms with Gasteiger partial charge in [-0.05, 0) is 6.42 Å². The highest BCUT2D eigenvalue weighted by Gasteiger charge is 2.46. The molecular weight excluding hydrogens is 213 g/mol. The summed E-state index contributed by atoms with van der Waals surface area (Å²) in [6.45, 7) is 1.83. The topological polar surface area (TPSA) is 35.5 Å². The zero-order chi connectivity index (χ0) is 11.9. The number of carbonyl (C=O) groups is 1. The molecule has 0 rings (SSSR count). The first kappa shape index (κ1) is 14.2. The fourth-order valence-corrected chi connectivity index (χ4v) is 0.956. The van der Waals surface area contributed by atoms with Gasteiger partial charge in [-0.25, -0.2) is 4.79 Å². The van der Waals surface area contributed by atoms with Gasteiger partial charge in [0.15, 0.2) is 0 Å². The van der Waals surface area contributed by atoms with Crippen molar-refractivity contribution in [2.24, 2.45) is 0 Å². The minimum Gasteiger partial charge on any atom is -0.467 e. The van der Waals surface area contributed by atoms with Crippen LogP contribution in [0, 0.1) is 0 Å². The summed E-state index contributed by atoms with van der Waals surface area (Å²) in [5.74, 6) is -1.40. The number of rotatable bonds is 6. The lowest BCUT2D eigenvalue weighted by atomic mass is 10.2. The molecular formula is C9H15F3O3. The second-order valence-corrected chi connectivity index (χ2v) is 3.02. The van der Waals surface area contributed by atoms with Crippen LogP contribution in [0.5, 0.6) is 0 Å². The zero-order valence-electron chi connectivity index (χ0n) is 8.76. The Hall–Kier alpha value is -0.780. The van der Waals surface area contributed by atoms with Crippen LogP contribution in [0.2, 0.25) is 0 Å². The van der Waals surface area contributed by atoms with Gasteiger partial charge in [0.2, 0.25) is 0 Å². The number of carbonyl (C=O) groups excluding carboxylic acids is 1. The Morgan fingerprint density at radius 2 is 1.93 bits per heavy atom. The van der Waals surface area contributed by atoms with Crippen molar-refractivity contribution >= 4 is 5.97 Å². The first-order chi connectivity index (χ1) is 6.93. The van der Waals surface area contributed by atoms with Gasteiger partial charge in [0, 0.05) is 6.61 Å². The first-order valence-corrected chi connectivity index (χ1v) is 4.69. The van der Waals surface area contributed by atoms with Crippen molar-refractivity contribution in [3.8, 4) is 0 Å². The molecule has 0 aliphatic rings. The molecule has 0 aliphatic heterocycles. The predicted molar refractivity (Wildman–Crippen MR) is 47.3 cm³/mol. The summed E-state index contributed by atoms with van der Waals surface area (Å²) in [7, 11) is 0.899. The summed E-state index contributed by atoms with van der Waals surface area (Å²) in [4.78, 5) is 10.8. The highest BCUT2D eigenvalue weighted by Crippen LogP contribution is 2.24. The summed E-state index contributed by atoms with van der Waals surface area (Å²) < 4.78 is 45.2. The first-order valence-electron chi connectivity index (χ1n) is 4.69. The third-order valence-corrected chi connectivity index (χ3v) is 1.74. The van der Waals surface area contributed by atoms with Gasteiger partial charge in [0.25, 0.3) is 6.10 Å². The van der Waals surface area contributed by atoms with Crippen molar-refractivity contribution in [1.29, 1.82) is 0 Å². The molecule has 0 saturated heterocycles. The Morgan fingerprint density at radius 3 is 2.33 bits per heavy atom. The van der Waals surface area contributed by atoms with E-state index < -0.39 is 18.2 Å². The number of ether oxygens (including phenoxy) is 2. The van der Waals surface area contributed by atoms with Gasteiger partial charge in [0.05, 0.1) is 7.11 Å². The van der Waals surface area contributed by atoms with E-state index >= 15 is 0 Å². The van der Waals surface area contributed by atoms with Crippen molar-refractivity contribution in [3.63, 3.8) is 0 Å². The van der Waals surface area contributed by atoms with Crippen LogP contribution in [0.1, 0.15) is 26.2 Å². The molecule has 90 valence electrons. The molecule has 1 atom stereocenters. The Kier molecular flexibility index (Phi) is 6.31. The molecule has 0 radical (unpaired) electrons. The van der Waals surface area contributed by atoms with Crippen molar-refractivity contribution in [3.05, 3.63) is 0 Å². The number of methoxy groups -OCH3 is 1. The molecule has 0 spiro atoms. The minimum atomic E-state index is -4.71. The summed E-state index contributed by atoms with van der Waals surface area (Å²) in [5.41, 5.74) is 0. The Bertz CT molecular complexity index is 192. The summed E-state index contributed by atoms with van der Waals surface area (Å²) in [6, 6.07) is 0. The van der Waals surface area contributed by atoms with Crippen molar-refractivity contribution in [2.45, 2.75) is 38.5 Å². The van der Waals surface area contributed by atoms with E-state index in [4.69, 9.17) is 0 Å². The molecule has 1 unspecified atom stereocenters. The minimum absolute atomic E-state index is 0.0902. The smallest absolute Gasteiger partial charge is 0.425 e. The predicted octanol–water partition coefficient (Wildman–Crippen LogP) is 2.30. The number of hydrogen-bond donors (Lipinski definition) is 0. The van der Waals surface area contributed by atoms with Gasteiger partial charge in [-0.1, -0.05) is 19.8 Å². The van der Waals surface area contributed by atoms with E-state index in [-0.39, 0.29) is 6.61 Å². The number of alkyl halides is 3. The van der Waals surface area contributed by atoms with E-state index in [9.17, 15) is 18.0 Å². The Morgan fingerprint density at radius 1 is 1.33 bits per heavy atom. The SMILES string of the molecule is CCCCCOC(C(=O)OC)C(F)(F)F. The second-order valence-electron chi connectivity index (χ2n) is 3.02. The third-order valence-electron chi connectivity index (χ3n) is 1.74. The molecule has 0 aromatic carbocycles. The van der Waals surface area contributed by atoms with Gasteiger partial charge in [-0.2, -0.15) is 13.2 Å². The molecule has 0 aromatic rings. The van der Waals surface area contributed by atoms with Crippen LogP contribution in [-0.2, 0) is 14.3 Å². The highest BCUT2D eigenvalue weighted by molar-refractivity contribution is 5.75. The average Bonchev–Trinajstić information content (AvgIpc) is 2.15. The zero-order valence-corrected chi connectivity index (χ0v) is 8.76. The van der Waals surface area contributed by atoms with E-state index in [1.807, 2.05) is 6.92 Å². The summed E-state index contributed by atoms with van der Waals surface area (Å²) in [5, 5.41) is 0. The van der Waals surface area contributed by atoms with Gasteiger partial charge in [0.1, 0.15) is 0 Å². The largest absolute Gasteiger partial charge is 0.467 e. The highest BCUT2D eigenvalue weighted by atomic mass is 19.4. The van der Waals surface area contributed by atoms with Crippen molar-refractivity contribution < 1.29 is 27.4 Å². The van der Waals surface area contributed by atoms with E-state index in [0.717, 1.165) is 20.0 Å². The lowest BCUT2D eigenvalue weighted by Gasteiger charge is -2.18. The molecule has 0 aliphatic carbocycles. The van der Waals surface area contributed by atoms with Crippen LogP contribution in [0.15, 0.2) is 0 Å². The van der Waals surface area contributed by atoms with Crippen LogP contribution < -0.4 is 0 Å². The van der Waals surface area contributed by atoms with Gasteiger partial charge < -0.3 is 9.47 Å². The fourth-order valence-electron chi connectivity index (χ4n) is 0.956. The van der Waals surface area contributed by atoms with E-state index in [1.165, 1.54) is 0 Å². The third kappa shape index (κ3) is 5.61. The van der Waals surface area contributed by atoms with E-state index in [1.54, 1.807) is 0 Å². The summed E-state index contributed by atoms with van der Waals surface area (Å²) >= 11 is 0. The van der Waals surface area contributed by atoms with Gasteiger partial charge in [-0.15, -0.1) is 0 Å². The monoisotopic (exact) mass is 228 g/mol. The van der Waals surface area contributed by atoms with Crippen LogP contribution in [0.3, 0.4) is 0 Å². The maximum Gasteiger partial charge on any atom is 0.425 e. The van der Waals surface area contributed by atoms with Crippen molar-refractivity contribution in [1.82, 2.24) is 0 Å². The molecule has 0 amide bonds.